The number of aromatic nitrogens is 4. The number of rotatable bonds is 4. The van der Waals surface area contributed by atoms with Crippen molar-refractivity contribution in [3.8, 4) is 11.6 Å². The Morgan fingerprint density at radius 3 is 2.54 bits per heavy atom. The Balaban J connectivity index is 1.47. The SMILES string of the molecule is CCC1CN(c2ncc(-c3nnc(C)o3)nc2C)CCN1C1CCN(C)CC1. The maximum absolute atomic E-state index is 5.48. The first-order valence-electron chi connectivity index (χ1n) is 10.4. The average molecular weight is 386 g/mol. The van der Waals surface area contributed by atoms with Gasteiger partial charge in [0.25, 0.3) is 5.89 Å². The minimum atomic E-state index is 0.429. The molecule has 152 valence electrons. The lowest BCUT2D eigenvalue weighted by Gasteiger charge is -2.47. The van der Waals surface area contributed by atoms with E-state index in [-0.39, 0.29) is 0 Å². The highest BCUT2D eigenvalue weighted by Gasteiger charge is 2.33. The van der Waals surface area contributed by atoms with Crippen LogP contribution in [0.5, 0.6) is 0 Å². The summed E-state index contributed by atoms with van der Waals surface area (Å²) >= 11 is 0. The molecule has 0 aromatic carbocycles. The summed E-state index contributed by atoms with van der Waals surface area (Å²) in [5.74, 6) is 1.94. The van der Waals surface area contributed by atoms with Gasteiger partial charge in [-0.3, -0.25) is 4.90 Å². The summed E-state index contributed by atoms with van der Waals surface area (Å²) < 4.78 is 5.48. The molecule has 0 bridgehead atoms. The Morgan fingerprint density at radius 2 is 1.89 bits per heavy atom. The number of hydrogen-bond donors (Lipinski definition) is 0. The number of piperidine rings is 1. The van der Waals surface area contributed by atoms with E-state index < -0.39 is 0 Å². The molecule has 0 radical (unpaired) electrons. The van der Waals surface area contributed by atoms with E-state index in [1.807, 2.05) is 6.92 Å². The summed E-state index contributed by atoms with van der Waals surface area (Å²) in [7, 11) is 2.23. The second-order valence-electron chi connectivity index (χ2n) is 8.07. The van der Waals surface area contributed by atoms with Crippen LogP contribution in [-0.2, 0) is 0 Å². The molecule has 0 spiro atoms. The maximum Gasteiger partial charge on any atom is 0.267 e. The quantitative estimate of drug-likeness (QED) is 0.792. The van der Waals surface area contributed by atoms with Crippen molar-refractivity contribution in [2.45, 2.75) is 52.1 Å². The molecule has 4 rings (SSSR count). The predicted octanol–water partition coefficient (Wildman–Crippen LogP) is 2.14. The molecule has 2 saturated heterocycles. The van der Waals surface area contributed by atoms with Gasteiger partial charge in [0.15, 0.2) is 0 Å². The summed E-state index contributed by atoms with van der Waals surface area (Å²) in [5.41, 5.74) is 1.55. The highest BCUT2D eigenvalue weighted by molar-refractivity contribution is 5.51. The number of likely N-dealkylation sites (tertiary alicyclic amines) is 1. The third-order valence-electron chi connectivity index (χ3n) is 6.12. The Morgan fingerprint density at radius 1 is 1.11 bits per heavy atom. The largest absolute Gasteiger partial charge is 0.420 e. The third-order valence-corrected chi connectivity index (χ3v) is 6.12. The Labute approximate surface area is 167 Å². The van der Waals surface area contributed by atoms with E-state index in [1.165, 1.54) is 25.9 Å². The van der Waals surface area contributed by atoms with Crippen LogP contribution in [0.1, 0.15) is 37.8 Å². The molecule has 2 aromatic rings. The highest BCUT2D eigenvalue weighted by Crippen LogP contribution is 2.27. The van der Waals surface area contributed by atoms with Crippen LogP contribution in [0.25, 0.3) is 11.6 Å². The highest BCUT2D eigenvalue weighted by atomic mass is 16.4. The average Bonchev–Trinajstić information content (AvgIpc) is 3.14. The second-order valence-corrected chi connectivity index (χ2v) is 8.07. The molecule has 4 heterocycles. The standard InChI is InChI=1S/C20H31N7O/c1-5-16-13-26(10-11-27(16)17-6-8-25(4)9-7-17)19-14(2)22-18(12-21-19)20-24-23-15(3)28-20/h12,16-17H,5-11,13H2,1-4H3. The molecule has 1 atom stereocenters. The van der Waals surface area contributed by atoms with Crippen molar-refractivity contribution < 1.29 is 4.42 Å². The third kappa shape index (κ3) is 3.89. The van der Waals surface area contributed by atoms with Gasteiger partial charge < -0.3 is 14.2 Å². The topological polar surface area (TPSA) is 74.4 Å². The van der Waals surface area contributed by atoms with Crippen LogP contribution >= 0.6 is 0 Å². The number of anilines is 1. The van der Waals surface area contributed by atoms with Gasteiger partial charge in [-0.2, -0.15) is 0 Å². The smallest absolute Gasteiger partial charge is 0.267 e. The van der Waals surface area contributed by atoms with Crippen molar-refractivity contribution in [2.24, 2.45) is 0 Å². The van der Waals surface area contributed by atoms with Gasteiger partial charge >= 0.3 is 0 Å². The van der Waals surface area contributed by atoms with Gasteiger partial charge in [0.2, 0.25) is 5.89 Å². The maximum atomic E-state index is 5.48. The van der Waals surface area contributed by atoms with E-state index >= 15 is 0 Å². The Hall–Kier alpha value is -2.06. The van der Waals surface area contributed by atoms with E-state index in [0.29, 0.717) is 23.5 Å². The molecule has 8 nitrogen and oxygen atoms in total. The summed E-state index contributed by atoms with van der Waals surface area (Å²) in [6.45, 7) is 11.6. The number of aryl methyl sites for hydroxylation is 2. The fraction of sp³-hybridized carbons (Fsp3) is 0.700. The zero-order valence-electron chi connectivity index (χ0n) is 17.4. The van der Waals surface area contributed by atoms with Gasteiger partial charge in [-0.05, 0) is 46.3 Å². The van der Waals surface area contributed by atoms with Crippen molar-refractivity contribution in [3.05, 3.63) is 17.8 Å². The van der Waals surface area contributed by atoms with Crippen LogP contribution < -0.4 is 4.90 Å². The Kier molecular flexibility index (Phi) is 5.59. The molecule has 2 aliphatic heterocycles. The molecule has 0 amide bonds. The van der Waals surface area contributed by atoms with E-state index in [0.717, 1.165) is 43.6 Å². The van der Waals surface area contributed by atoms with E-state index in [9.17, 15) is 0 Å². The molecule has 2 aromatic heterocycles. The minimum Gasteiger partial charge on any atom is -0.420 e. The lowest BCUT2D eigenvalue weighted by Crippen LogP contribution is -2.58. The van der Waals surface area contributed by atoms with E-state index in [4.69, 9.17) is 9.40 Å². The van der Waals surface area contributed by atoms with Crippen molar-refractivity contribution in [1.82, 2.24) is 30.0 Å². The molecule has 2 aliphatic rings. The van der Waals surface area contributed by atoms with Crippen LogP contribution in [0.2, 0.25) is 0 Å². The predicted molar refractivity (Wildman–Crippen MR) is 108 cm³/mol. The van der Waals surface area contributed by atoms with Gasteiger partial charge in [0.1, 0.15) is 11.5 Å². The van der Waals surface area contributed by atoms with Gasteiger partial charge in [-0.25, -0.2) is 9.97 Å². The molecule has 0 aliphatic carbocycles. The molecule has 8 heteroatoms. The van der Waals surface area contributed by atoms with Gasteiger partial charge in [0, 0.05) is 38.6 Å². The second kappa shape index (κ2) is 8.13. The van der Waals surface area contributed by atoms with E-state index in [2.05, 4.69) is 43.9 Å². The summed E-state index contributed by atoms with van der Waals surface area (Å²) in [4.78, 5) is 17.0. The fourth-order valence-electron chi connectivity index (χ4n) is 4.52. The summed E-state index contributed by atoms with van der Waals surface area (Å²) in [5, 5.41) is 7.93. The van der Waals surface area contributed by atoms with Crippen molar-refractivity contribution in [1.29, 1.82) is 0 Å². The number of nitrogens with zero attached hydrogens (tertiary/aromatic N) is 7. The van der Waals surface area contributed by atoms with E-state index in [1.54, 1.807) is 13.1 Å². The fourth-order valence-corrected chi connectivity index (χ4v) is 4.52. The van der Waals surface area contributed by atoms with Crippen LogP contribution in [0.15, 0.2) is 10.6 Å². The molecule has 0 N–H and O–H groups in total. The number of hydrogen-bond acceptors (Lipinski definition) is 8. The lowest BCUT2D eigenvalue weighted by molar-refractivity contribution is 0.0700. The van der Waals surface area contributed by atoms with Gasteiger partial charge in [-0.1, -0.05) is 6.92 Å². The summed E-state index contributed by atoms with van der Waals surface area (Å²) in [6.07, 6.45) is 5.47. The molecule has 1 unspecified atom stereocenters. The first-order valence-corrected chi connectivity index (χ1v) is 10.4. The summed E-state index contributed by atoms with van der Waals surface area (Å²) in [6, 6.07) is 1.29. The van der Waals surface area contributed by atoms with Crippen LogP contribution in [0.3, 0.4) is 0 Å². The zero-order chi connectivity index (χ0) is 19.7. The molecular formula is C20H31N7O. The zero-order valence-corrected chi connectivity index (χ0v) is 17.4. The Bertz CT molecular complexity index is 800. The van der Waals surface area contributed by atoms with Crippen molar-refractivity contribution in [3.63, 3.8) is 0 Å². The molecule has 0 saturated carbocycles. The lowest BCUT2D eigenvalue weighted by atomic mass is 9.98. The molecular weight excluding hydrogens is 354 g/mol. The van der Waals surface area contributed by atoms with Crippen molar-refractivity contribution >= 4 is 5.82 Å². The molecule has 28 heavy (non-hydrogen) atoms. The first kappa shape index (κ1) is 19.3. The molecule has 2 fully saturated rings. The van der Waals surface area contributed by atoms with Crippen LogP contribution in [-0.4, -0.2) is 81.8 Å². The van der Waals surface area contributed by atoms with Crippen molar-refractivity contribution in [2.75, 3.05) is 44.7 Å². The monoisotopic (exact) mass is 385 g/mol. The normalized spacial score (nSPS) is 22.7. The van der Waals surface area contributed by atoms with Gasteiger partial charge in [-0.15, -0.1) is 10.2 Å². The van der Waals surface area contributed by atoms with Crippen LogP contribution in [0, 0.1) is 13.8 Å². The number of piperazine rings is 1. The van der Waals surface area contributed by atoms with Gasteiger partial charge in [0.05, 0.1) is 11.9 Å². The first-order chi connectivity index (χ1) is 13.5. The van der Waals surface area contributed by atoms with Crippen LogP contribution in [0.4, 0.5) is 5.82 Å². The minimum absolute atomic E-state index is 0.429.